The van der Waals surface area contributed by atoms with Gasteiger partial charge >= 0.3 is 0 Å². The van der Waals surface area contributed by atoms with Crippen LogP contribution < -0.4 is 16.0 Å². The van der Waals surface area contributed by atoms with Gasteiger partial charge in [-0.3, -0.25) is 14.4 Å². The molecular weight excluding hydrogens is 457 g/mol. The third kappa shape index (κ3) is 6.53. The van der Waals surface area contributed by atoms with Crippen LogP contribution >= 0.6 is 39.1 Å². The van der Waals surface area contributed by atoms with E-state index in [4.69, 9.17) is 23.2 Å². The molecule has 27 heavy (non-hydrogen) atoms. The van der Waals surface area contributed by atoms with Crippen LogP contribution in [0.5, 0.6) is 0 Å². The Hall–Kier alpha value is -2.09. The molecule has 2 aromatic rings. The molecule has 0 aliphatic carbocycles. The van der Waals surface area contributed by atoms with Crippen molar-refractivity contribution in [1.29, 1.82) is 0 Å². The van der Waals surface area contributed by atoms with Gasteiger partial charge in [0.2, 0.25) is 11.8 Å². The van der Waals surface area contributed by atoms with Gasteiger partial charge in [0, 0.05) is 15.2 Å². The molecule has 142 valence electrons. The van der Waals surface area contributed by atoms with Crippen LogP contribution in [0, 0.1) is 6.92 Å². The molecule has 3 amide bonds. The number of rotatable bonds is 6. The lowest BCUT2D eigenvalue weighted by Crippen LogP contribution is -2.40. The normalized spacial score (nSPS) is 10.2. The predicted molar refractivity (Wildman–Crippen MR) is 109 cm³/mol. The van der Waals surface area contributed by atoms with Crippen molar-refractivity contribution < 1.29 is 14.4 Å². The number of benzene rings is 2. The highest BCUT2D eigenvalue weighted by molar-refractivity contribution is 9.10. The van der Waals surface area contributed by atoms with Crippen LogP contribution in [-0.4, -0.2) is 30.8 Å². The molecule has 0 unspecified atom stereocenters. The summed E-state index contributed by atoms with van der Waals surface area (Å²) >= 11 is 15.1. The minimum Gasteiger partial charge on any atom is -0.345 e. The SMILES string of the molecule is Cc1cc(Br)ccc1NC(=O)CNC(=O)CNC(=O)c1ccc(Cl)cc1Cl. The standard InChI is InChI=1S/C18H16BrCl2N3O3/c1-10-6-11(19)2-5-15(10)24-17(26)9-22-16(25)8-23-18(27)13-4-3-12(20)7-14(13)21/h2-7H,8-9H2,1H3,(H,22,25)(H,23,27)(H,24,26). The molecular formula is C18H16BrCl2N3O3. The summed E-state index contributed by atoms with van der Waals surface area (Å²) < 4.78 is 0.905. The largest absolute Gasteiger partial charge is 0.345 e. The molecule has 0 saturated carbocycles. The summed E-state index contributed by atoms with van der Waals surface area (Å²) in [7, 11) is 0. The maximum absolute atomic E-state index is 12.0. The molecule has 0 fully saturated rings. The first-order chi connectivity index (χ1) is 12.8. The molecule has 3 N–H and O–H groups in total. The van der Waals surface area contributed by atoms with Gasteiger partial charge in [-0.1, -0.05) is 39.1 Å². The monoisotopic (exact) mass is 471 g/mol. The first kappa shape index (κ1) is 21.2. The number of halogens is 3. The van der Waals surface area contributed by atoms with E-state index in [1.54, 1.807) is 12.1 Å². The minimum atomic E-state index is -0.512. The van der Waals surface area contributed by atoms with E-state index in [1.807, 2.05) is 13.0 Å². The summed E-state index contributed by atoms with van der Waals surface area (Å²) in [5.74, 6) is -1.39. The van der Waals surface area contributed by atoms with Crippen LogP contribution in [0.15, 0.2) is 40.9 Å². The van der Waals surface area contributed by atoms with Gasteiger partial charge in [0.05, 0.1) is 23.7 Å². The third-order valence-corrected chi connectivity index (χ3v) is 4.53. The average Bonchev–Trinajstić information content (AvgIpc) is 2.60. The molecule has 2 rings (SSSR count). The van der Waals surface area contributed by atoms with Crippen molar-refractivity contribution in [3.63, 3.8) is 0 Å². The van der Waals surface area contributed by atoms with E-state index in [2.05, 4.69) is 31.9 Å². The second-order valence-corrected chi connectivity index (χ2v) is 7.35. The zero-order chi connectivity index (χ0) is 20.0. The van der Waals surface area contributed by atoms with Crippen molar-refractivity contribution in [2.75, 3.05) is 18.4 Å². The van der Waals surface area contributed by atoms with E-state index >= 15 is 0 Å². The predicted octanol–water partition coefficient (Wildman–Crippen LogP) is 3.55. The number of nitrogens with one attached hydrogen (secondary N) is 3. The molecule has 0 aromatic heterocycles. The molecule has 0 spiro atoms. The molecule has 6 nitrogen and oxygen atoms in total. The van der Waals surface area contributed by atoms with Crippen molar-refractivity contribution in [1.82, 2.24) is 10.6 Å². The quantitative estimate of drug-likeness (QED) is 0.600. The highest BCUT2D eigenvalue weighted by Crippen LogP contribution is 2.21. The summed E-state index contributed by atoms with van der Waals surface area (Å²) in [5.41, 5.74) is 1.75. The van der Waals surface area contributed by atoms with Crippen LogP contribution in [0.2, 0.25) is 10.0 Å². The Morgan fingerprint density at radius 1 is 0.963 bits per heavy atom. The van der Waals surface area contributed by atoms with Crippen LogP contribution in [0.25, 0.3) is 0 Å². The number of hydrogen-bond acceptors (Lipinski definition) is 3. The summed E-state index contributed by atoms with van der Waals surface area (Å²) in [6, 6.07) is 9.86. The van der Waals surface area contributed by atoms with Crippen LogP contribution in [0.3, 0.4) is 0 Å². The maximum atomic E-state index is 12.0. The first-order valence-corrected chi connectivity index (χ1v) is 9.37. The number of hydrogen-bond donors (Lipinski definition) is 3. The molecule has 0 heterocycles. The van der Waals surface area contributed by atoms with Gasteiger partial charge < -0.3 is 16.0 Å². The topological polar surface area (TPSA) is 87.3 Å². The maximum Gasteiger partial charge on any atom is 0.253 e. The Morgan fingerprint density at radius 2 is 1.67 bits per heavy atom. The van der Waals surface area contributed by atoms with E-state index in [0.29, 0.717) is 10.7 Å². The van der Waals surface area contributed by atoms with E-state index in [0.717, 1.165) is 10.0 Å². The Labute approximate surface area is 174 Å². The average molecular weight is 473 g/mol. The Balaban J connectivity index is 1.78. The van der Waals surface area contributed by atoms with Crippen molar-refractivity contribution in [2.45, 2.75) is 6.92 Å². The molecule has 0 aliphatic rings. The summed E-state index contributed by atoms with van der Waals surface area (Å²) in [5, 5.41) is 8.16. The number of carbonyl (C=O) groups is 3. The number of anilines is 1. The second-order valence-electron chi connectivity index (χ2n) is 5.59. The zero-order valence-electron chi connectivity index (χ0n) is 14.2. The smallest absolute Gasteiger partial charge is 0.253 e. The molecule has 0 bridgehead atoms. The molecule has 0 aliphatic heterocycles. The number of amides is 3. The van der Waals surface area contributed by atoms with Gasteiger partial charge in [-0.25, -0.2) is 0 Å². The molecule has 0 radical (unpaired) electrons. The zero-order valence-corrected chi connectivity index (χ0v) is 17.3. The lowest BCUT2D eigenvalue weighted by molar-refractivity contribution is -0.123. The van der Waals surface area contributed by atoms with Gasteiger partial charge in [-0.05, 0) is 48.9 Å². The van der Waals surface area contributed by atoms with Gasteiger partial charge in [0.15, 0.2) is 0 Å². The van der Waals surface area contributed by atoms with E-state index in [1.165, 1.54) is 18.2 Å². The van der Waals surface area contributed by atoms with E-state index in [9.17, 15) is 14.4 Å². The van der Waals surface area contributed by atoms with Crippen LogP contribution in [0.4, 0.5) is 5.69 Å². The minimum absolute atomic E-state index is 0.185. The fraction of sp³-hybridized carbons (Fsp3) is 0.167. The van der Waals surface area contributed by atoms with Crippen LogP contribution in [-0.2, 0) is 9.59 Å². The Morgan fingerprint density at radius 3 is 2.33 bits per heavy atom. The molecule has 9 heteroatoms. The Kier molecular flexibility index (Phi) is 7.65. The summed E-state index contributed by atoms with van der Waals surface area (Å²) in [6.07, 6.45) is 0. The third-order valence-electron chi connectivity index (χ3n) is 3.49. The number of carbonyl (C=O) groups excluding carboxylic acids is 3. The molecule has 0 atom stereocenters. The van der Waals surface area contributed by atoms with Crippen LogP contribution in [0.1, 0.15) is 15.9 Å². The van der Waals surface area contributed by atoms with Crippen molar-refractivity contribution in [3.8, 4) is 0 Å². The molecule has 0 saturated heterocycles. The molecule has 2 aromatic carbocycles. The fourth-order valence-corrected chi connectivity index (χ4v) is 3.10. The highest BCUT2D eigenvalue weighted by Gasteiger charge is 2.13. The Bertz CT molecular complexity index is 890. The summed E-state index contributed by atoms with van der Waals surface area (Å²) in [6.45, 7) is 1.35. The second kappa shape index (κ2) is 9.73. The van der Waals surface area contributed by atoms with Crippen molar-refractivity contribution >= 4 is 62.5 Å². The number of aryl methyl sites for hydroxylation is 1. The van der Waals surface area contributed by atoms with E-state index in [-0.39, 0.29) is 29.6 Å². The van der Waals surface area contributed by atoms with Gasteiger partial charge in [-0.2, -0.15) is 0 Å². The first-order valence-electron chi connectivity index (χ1n) is 7.82. The van der Waals surface area contributed by atoms with Gasteiger partial charge in [0.25, 0.3) is 5.91 Å². The highest BCUT2D eigenvalue weighted by atomic mass is 79.9. The van der Waals surface area contributed by atoms with Crippen molar-refractivity contribution in [3.05, 3.63) is 62.0 Å². The van der Waals surface area contributed by atoms with Crippen molar-refractivity contribution in [2.24, 2.45) is 0 Å². The summed E-state index contributed by atoms with van der Waals surface area (Å²) in [4.78, 5) is 35.8. The lowest BCUT2D eigenvalue weighted by atomic mass is 10.2. The van der Waals surface area contributed by atoms with E-state index < -0.39 is 11.8 Å². The van der Waals surface area contributed by atoms with Gasteiger partial charge in [-0.15, -0.1) is 0 Å². The fourth-order valence-electron chi connectivity index (χ4n) is 2.13. The van der Waals surface area contributed by atoms with Gasteiger partial charge in [0.1, 0.15) is 0 Å². The lowest BCUT2D eigenvalue weighted by Gasteiger charge is -2.10.